The topological polar surface area (TPSA) is 57.3 Å². The summed E-state index contributed by atoms with van der Waals surface area (Å²) in [6.07, 6.45) is 4.24. The summed E-state index contributed by atoms with van der Waals surface area (Å²) in [5.74, 6) is 0.150. The number of benzene rings is 1. The van der Waals surface area contributed by atoms with E-state index in [9.17, 15) is 4.79 Å². The molecule has 5 nitrogen and oxygen atoms in total. The standard InChI is InChI=1S/C19H24N4OS/c1-13-4-2-3-5-16(13)19-21-10-15(25-19)11-23-9-8-20-17(12-23)18(24)22-14-6-7-14/h2-5,10,14,17,20H,6-9,11-12H2,1H3,(H,22,24). The smallest absolute Gasteiger partial charge is 0.238 e. The van der Waals surface area contributed by atoms with Crippen LogP contribution in [0, 0.1) is 6.92 Å². The van der Waals surface area contributed by atoms with Gasteiger partial charge in [0.1, 0.15) is 5.01 Å². The summed E-state index contributed by atoms with van der Waals surface area (Å²) in [5, 5.41) is 7.52. The molecule has 1 aromatic heterocycles. The molecule has 2 N–H and O–H groups in total. The zero-order valence-corrected chi connectivity index (χ0v) is 15.3. The Morgan fingerprint density at radius 3 is 3.04 bits per heavy atom. The number of amides is 1. The Labute approximate surface area is 152 Å². The third-order valence-electron chi connectivity index (χ3n) is 4.81. The van der Waals surface area contributed by atoms with Crippen LogP contribution in [0.25, 0.3) is 10.6 Å². The molecule has 2 fully saturated rings. The number of nitrogens with one attached hydrogen (secondary N) is 2. The van der Waals surface area contributed by atoms with Crippen molar-refractivity contribution in [2.45, 2.75) is 38.4 Å². The third-order valence-corrected chi connectivity index (χ3v) is 5.82. The average molecular weight is 356 g/mol. The van der Waals surface area contributed by atoms with Crippen molar-refractivity contribution in [2.24, 2.45) is 0 Å². The Bertz CT molecular complexity index is 755. The van der Waals surface area contributed by atoms with Crippen molar-refractivity contribution in [3.05, 3.63) is 40.9 Å². The number of aryl methyl sites for hydroxylation is 1. The Morgan fingerprint density at radius 1 is 1.40 bits per heavy atom. The minimum absolute atomic E-state index is 0.0990. The number of aromatic nitrogens is 1. The van der Waals surface area contributed by atoms with E-state index in [-0.39, 0.29) is 11.9 Å². The van der Waals surface area contributed by atoms with Crippen LogP contribution in [0.15, 0.2) is 30.5 Å². The molecule has 132 valence electrons. The van der Waals surface area contributed by atoms with Crippen molar-refractivity contribution >= 4 is 17.2 Å². The first kappa shape index (κ1) is 16.7. The minimum Gasteiger partial charge on any atom is -0.352 e. The van der Waals surface area contributed by atoms with Gasteiger partial charge in [0.25, 0.3) is 0 Å². The van der Waals surface area contributed by atoms with Gasteiger partial charge in [0.15, 0.2) is 0 Å². The molecule has 25 heavy (non-hydrogen) atoms. The van der Waals surface area contributed by atoms with Gasteiger partial charge in [-0.1, -0.05) is 24.3 Å². The van der Waals surface area contributed by atoms with Gasteiger partial charge in [0.2, 0.25) is 5.91 Å². The Kier molecular flexibility index (Phi) is 4.83. The molecule has 0 spiro atoms. The zero-order chi connectivity index (χ0) is 17.2. The van der Waals surface area contributed by atoms with Gasteiger partial charge in [0.05, 0.1) is 6.04 Å². The zero-order valence-electron chi connectivity index (χ0n) is 14.5. The van der Waals surface area contributed by atoms with Gasteiger partial charge in [-0.15, -0.1) is 11.3 Å². The van der Waals surface area contributed by atoms with Crippen molar-refractivity contribution in [3.8, 4) is 10.6 Å². The highest BCUT2D eigenvalue weighted by Gasteiger charge is 2.30. The molecule has 1 aliphatic carbocycles. The molecule has 1 saturated carbocycles. The van der Waals surface area contributed by atoms with Crippen LogP contribution in [0.3, 0.4) is 0 Å². The maximum Gasteiger partial charge on any atom is 0.238 e. The minimum atomic E-state index is -0.0990. The first-order chi connectivity index (χ1) is 12.2. The van der Waals surface area contributed by atoms with E-state index in [1.807, 2.05) is 6.20 Å². The number of piperazine rings is 1. The van der Waals surface area contributed by atoms with E-state index in [2.05, 4.69) is 51.7 Å². The molecular weight excluding hydrogens is 332 g/mol. The molecule has 2 heterocycles. The molecule has 1 amide bonds. The second-order valence-electron chi connectivity index (χ2n) is 6.97. The molecule has 1 aliphatic heterocycles. The summed E-state index contributed by atoms with van der Waals surface area (Å²) in [7, 11) is 0. The fourth-order valence-corrected chi connectivity index (χ4v) is 4.24. The van der Waals surface area contributed by atoms with E-state index >= 15 is 0 Å². The molecule has 4 rings (SSSR count). The lowest BCUT2D eigenvalue weighted by atomic mass is 10.1. The van der Waals surface area contributed by atoms with E-state index < -0.39 is 0 Å². The Morgan fingerprint density at radius 2 is 2.24 bits per heavy atom. The molecule has 6 heteroatoms. The van der Waals surface area contributed by atoms with Gasteiger partial charge in [-0.2, -0.15) is 0 Å². The second kappa shape index (κ2) is 7.23. The number of nitrogens with zero attached hydrogens (tertiary/aromatic N) is 2. The summed E-state index contributed by atoms with van der Waals surface area (Å²) < 4.78 is 0. The van der Waals surface area contributed by atoms with E-state index in [4.69, 9.17) is 0 Å². The summed E-state index contributed by atoms with van der Waals surface area (Å²) in [6, 6.07) is 8.68. The summed E-state index contributed by atoms with van der Waals surface area (Å²) in [4.78, 5) is 20.5. The van der Waals surface area contributed by atoms with Crippen LogP contribution in [0.4, 0.5) is 0 Å². The molecule has 0 bridgehead atoms. The fourth-order valence-electron chi connectivity index (χ4n) is 3.20. The molecular formula is C19H24N4OS. The molecule has 2 aliphatic rings. The van der Waals surface area contributed by atoms with E-state index in [0.717, 1.165) is 44.0 Å². The fraction of sp³-hybridized carbons (Fsp3) is 0.474. The van der Waals surface area contributed by atoms with Crippen LogP contribution in [0.2, 0.25) is 0 Å². The maximum absolute atomic E-state index is 12.3. The SMILES string of the molecule is Cc1ccccc1-c1ncc(CN2CCNC(C(=O)NC3CC3)C2)s1. The summed E-state index contributed by atoms with van der Waals surface area (Å²) >= 11 is 1.75. The highest BCUT2D eigenvalue weighted by atomic mass is 32.1. The first-order valence-corrected chi connectivity index (χ1v) is 9.77. The Balaban J connectivity index is 1.38. The lowest BCUT2D eigenvalue weighted by molar-refractivity contribution is -0.124. The number of hydrogen-bond acceptors (Lipinski definition) is 5. The summed E-state index contributed by atoms with van der Waals surface area (Å²) in [6.45, 7) is 5.56. The van der Waals surface area contributed by atoms with Crippen LogP contribution in [0.5, 0.6) is 0 Å². The van der Waals surface area contributed by atoms with Gasteiger partial charge < -0.3 is 10.6 Å². The van der Waals surface area contributed by atoms with Gasteiger partial charge in [-0.3, -0.25) is 9.69 Å². The normalized spacial score (nSPS) is 21.2. The van der Waals surface area contributed by atoms with Gasteiger partial charge in [0, 0.05) is 48.9 Å². The van der Waals surface area contributed by atoms with E-state index in [1.54, 1.807) is 11.3 Å². The molecule has 2 aromatic rings. The quantitative estimate of drug-likeness (QED) is 0.862. The van der Waals surface area contributed by atoms with Crippen LogP contribution in [-0.4, -0.2) is 47.5 Å². The van der Waals surface area contributed by atoms with Gasteiger partial charge in [-0.25, -0.2) is 4.98 Å². The number of rotatable bonds is 5. The summed E-state index contributed by atoms with van der Waals surface area (Å²) in [5.41, 5.74) is 2.46. The molecule has 1 saturated heterocycles. The first-order valence-electron chi connectivity index (χ1n) is 8.96. The van der Waals surface area contributed by atoms with Crippen LogP contribution in [0.1, 0.15) is 23.3 Å². The number of carbonyl (C=O) groups excluding carboxylic acids is 1. The monoisotopic (exact) mass is 356 g/mol. The Hall–Kier alpha value is -1.76. The average Bonchev–Trinajstić information content (AvgIpc) is 3.32. The predicted molar refractivity (Wildman–Crippen MR) is 101 cm³/mol. The van der Waals surface area contributed by atoms with Gasteiger partial charge >= 0.3 is 0 Å². The van der Waals surface area contributed by atoms with Crippen LogP contribution < -0.4 is 10.6 Å². The van der Waals surface area contributed by atoms with E-state index in [0.29, 0.717) is 6.04 Å². The lowest BCUT2D eigenvalue weighted by Gasteiger charge is -2.32. The van der Waals surface area contributed by atoms with E-state index in [1.165, 1.54) is 16.0 Å². The highest BCUT2D eigenvalue weighted by molar-refractivity contribution is 7.15. The number of hydrogen-bond donors (Lipinski definition) is 2. The largest absolute Gasteiger partial charge is 0.352 e. The number of carbonyl (C=O) groups is 1. The second-order valence-corrected chi connectivity index (χ2v) is 8.09. The van der Waals surface area contributed by atoms with Crippen molar-refractivity contribution in [3.63, 3.8) is 0 Å². The lowest BCUT2D eigenvalue weighted by Crippen LogP contribution is -2.57. The molecule has 1 atom stereocenters. The van der Waals surface area contributed by atoms with Crippen LogP contribution in [-0.2, 0) is 11.3 Å². The van der Waals surface area contributed by atoms with Crippen molar-refractivity contribution < 1.29 is 4.79 Å². The highest BCUT2D eigenvalue weighted by Crippen LogP contribution is 2.28. The molecule has 1 aromatic carbocycles. The van der Waals surface area contributed by atoms with Crippen molar-refractivity contribution in [1.82, 2.24) is 20.5 Å². The predicted octanol–water partition coefficient (Wildman–Crippen LogP) is 2.17. The van der Waals surface area contributed by atoms with Crippen molar-refractivity contribution in [1.29, 1.82) is 0 Å². The molecule has 1 unspecified atom stereocenters. The van der Waals surface area contributed by atoms with Crippen molar-refractivity contribution in [2.75, 3.05) is 19.6 Å². The third kappa shape index (κ3) is 4.08. The van der Waals surface area contributed by atoms with Gasteiger partial charge in [-0.05, 0) is 25.3 Å². The van der Waals surface area contributed by atoms with Crippen LogP contribution >= 0.6 is 11.3 Å². The molecule has 0 radical (unpaired) electrons. The maximum atomic E-state index is 12.3. The number of thiazole rings is 1.